The molecule has 3 N–H and O–H groups in total. The molecular weight excluding hydrogens is 400 g/mol. The molecule has 0 saturated carbocycles. The van der Waals surface area contributed by atoms with E-state index in [0.29, 0.717) is 6.61 Å². The lowest BCUT2D eigenvalue weighted by Gasteiger charge is -2.48. The van der Waals surface area contributed by atoms with Crippen molar-refractivity contribution in [1.29, 1.82) is 0 Å². The fourth-order valence-corrected chi connectivity index (χ4v) is 4.92. The molecule has 0 bridgehead atoms. The summed E-state index contributed by atoms with van der Waals surface area (Å²) in [5.41, 5.74) is 1.68. The lowest BCUT2D eigenvalue weighted by Crippen LogP contribution is -3.30. The second-order valence-electron chi connectivity index (χ2n) is 7.74. The number of hydrogen-bond acceptors (Lipinski definition) is 4. The zero-order chi connectivity index (χ0) is 18.1. The van der Waals surface area contributed by atoms with E-state index in [1.54, 1.807) is 0 Å². The number of fused-ring (bicyclic) bond motifs is 1. The molecule has 0 aromatic heterocycles. The number of aliphatic hydroxyl groups is 1. The predicted octanol–water partition coefficient (Wildman–Crippen LogP) is -1.25. The van der Waals surface area contributed by atoms with Crippen LogP contribution in [0.25, 0.3) is 0 Å². The van der Waals surface area contributed by atoms with Crippen molar-refractivity contribution in [2.75, 3.05) is 65.8 Å². The molecule has 0 aliphatic carbocycles. The van der Waals surface area contributed by atoms with Gasteiger partial charge in [0.05, 0.1) is 26.4 Å². The van der Waals surface area contributed by atoms with Crippen molar-refractivity contribution in [3.8, 4) is 5.75 Å². The molecule has 7 heteroatoms. The normalized spacial score (nSPS) is 30.7. The van der Waals surface area contributed by atoms with E-state index in [9.17, 15) is 5.11 Å². The lowest BCUT2D eigenvalue weighted by molar-refractivity contribution is -1.01. The summed E-state index contributed by atoms with van der Waals surface area (Å²) in [5, 5.41) is 11.6. The number of benzene rings is 1. The third-order valence-electron chi connectivity index (χ3n) is 6.16. The van der Waals surface area contributed by atoms with E-state index in [0.717, 1.165) is 80.5 Å². The van der Waals surface area contributed by atoms with Gasteiger partial charge in [0.2, 0.25) is 5.54 Å². The van der Waals surface area contributed by atoms with E-state index in [-0.39, 0.29) is 5.54 Å². The number of morpholine rings is 2. The third kappa shape index (κ3) is 3.41. The largest absolute Gasteiger partial charge is 0.486 e. The zero-order valence-electron chi connectivity index (χ0n) is 15.4. The molecule has 6 nitrogen and oxygen atoms in total. The van der Waals surface area contributed by atoms with Gasteiger partial charge in [-0.2, -0.15) is 0 Å². The topological polar surface area (TPSA) is 56.8 Å². The number of hydrogen-bond donors (Lipinski definition) is 3. The molecule has 3 aliphatic heterocycles. The molecule has 0 radical (unpaired) electrons. The maximum absolute atomic E-state index is 11.6. The minimum Gasteiger partial charge on any atom is -0.486 e. The van der Waals surface area contributed by atoms with Gasteiger partial charge in [0.15, 0.2) is 6.61 Å². The van der Waals surface area contributed by atoms with Crippen LogP contribution in [-0.4, -0.2) is 76.4 Å². The van der Waals surface area contributed by atoms with Gasteiger partial charge in [0, 0.05) is 10.0 Å². The summed E-state index contributed by atoms with van der Waals surface area (Å²) in [6.07, 6.45) is -0.549. The Morgan fingerprint density at radius 3 is 2.46 bits per heavy atom. The maximum Gasteiger partial charge on any atom is 0.211 e. The van der Waals surface area contributed by atoms with E-state index in [1.807, 2.05) is 19.1 Å². The first-order valence-electron chi connectivity index (χ1n) is 9.55. The van der Waals surface area contributed by atoms with E-state index in [1.165, 1.54) is 9.80 Å². The average molecular weight is 429 g/mol. The van der Waals surface area contributed by atoms with Gasteiger partial charge in [-0.3, -0.25) is 0 Å². The molecule has 26 heavy (non-hydrogen) atoms. The van der Waals surface area contributed by atoms with E-state index in [2.05, 4.69) is 15.9 Å². The van der Waals surface area contributed by atoms with Crippen LogP contribution in [0.2, 0.25) is 0 Å². The summed E-state index contributed by atoms with van der Waals surface area (Å²) in [6, 6.07) is 4.07. The molecule has 0 spiro atoms. The van der Waals surface area contributed by atoms with Gasteiger partial charge >= 0.3 is 0 Å². The lowest BCUT2D eigenvalue weighted by atomic mass is 9.82. The Kier molecular flexibility index (Phi) is 5.55. The molecule has 0 amide bonds. The number of ether oxygens (including phenoxy) is 3. The van der Waals surface area contributed by atoms with Gasteiger partial charge in [0.1, 0.15) is 44.6 Å². The number of aryl methyl sites for hydroxylation is 1. The van der Waals surface area contributed by atoms with Crippen molar-refractivity contribution in [2.45, 2.75) is 18.6 Å². The number of aliphatic hydroxyl groups excluding tert-OH is 1. The smallest absolute Gasteiger partial charge is 0.211 e. The molecule has 144 valence electrons. The van der Waals surface area contributed by atoms with Gasteiger partial charge in [-0.15, -0.1) is 0 Å². The second-order valence-corrected chi connectivity index (χ2v) is 8.60. The summed E-state index contributed by atoms with van der Waals surface area (Å²) in [5.74, 6) is 0.818. The zero-order valence-corrected chi connectivity index (χ0v) is 16.9. The summed E-state index contributed by atoms with van der Waals surface area (Å²) >= 11 is 3.62. The molecule has 1 aromatic carbocycles. The minimum absolute atomic E-state index is 0.349. The summed E-state index contributed by atoms with van der Waals surface area (Å²) in [4.78, 5) is 2.89. The highest BCUT2D eigenvalue weighted by molar-refractivity contribution is 9.10. The first-order chi connectivity index (χ1) is 12.6. The van der Waals surface area contributed by atoms with Crippen molar-refractivity contribution in [3.05, 3.63) is 27.7 Å². The Hall–Kier alpha value is -0.700. The number of halogens is 1. The Labute approximate surface area is 163 Å². The monoisotopic (exact) mass is 428 g/mol. The first kappa shape index (κ1) is 18.7. The molecule has 1 aromatic rings. The van der Waals surface area contributed by atoms with E-state index < -0.39 is 6.10 Å². The fraction of sp³-hybridized carbons (Fsp3) is 0.684. The highest BCUT2D eigenvalue weighted by Gasteiger charge is 2.55. The van der Waals surface area contributed by atoms with Crippen LogP contribution in [0.15, 0.2) is 16.6 Å². The van der Waals surface area contributed by atoms with E-state index >= 15 is 0 Å². The van der Waals surface area contributed by atoms with Crippen molar-refractivity contribution >= 4 is 15.9 Å². The quantitative estimate of drug-likeness (QED) is 0.563. The fourth-order valence-electron chi connectivity index (χ4n) is 4.56. The highest BCUT2D eigenvalue weighted by atomic mass is 79.9. The van der Waals surface area contributed by atoms with Crippen molar-refractivity contribution in [1.82, 2.24) is 0 Å². The van der Waals surface area contributed by atoms with Crippen LogP contribution in [0.3, 0.4) is 0 Å². The standard InChI is InChI=1S/C19H27BrN2O4/c1-14-10-17-15(11-16(14)20)18(23)19(13-26-17,22-4-8-25-9-5-22)12-21-2-6-24-7-3-21/h10-11,18,23H,2-9,12-13H2,1H3/p+2. The Morgan fingerprint density at radius 1 is 1.12 bits per heavy atom. The van der Waals surface area contributed by atoms with Gasteiger partial charge in [-0.1, -0.05) is 15.9 Å². The Morgan fingerprint density at radius 2 is 1.77 bits per heavy atom. The van der Waals surface area contributed by atoms with Crippen molar-refractivity contribution in [2.24, 2.45) is 0 Å². The van der Waals surface area contributed by atoms with Crippen LogP contribution in [0.5, 0.6) is 5.75 Å². The maximum atomic E-state index is 11.6. The molecule has 4 rings (SSSR count). The molecule has 2 saturated heterocycles. The number of nitrogens with one attached hydrogen (secondary N) is 2. The minimum atomic E-state index is -0.549. The average Bonchev–Trinajstić information content (AvgIpc) is 2.67. The second kappa shape index (κ2) is 7.73. The molecule has 3 heterocycles. The van der Waals surface area contributed by atoms with Crippen molar-refractivity contribution < 1.29 is 29.1 Å². The van der Waals surface area contributed by atoms with Crippen LogP contribution in [0.4, 0.5) is 0 Å². The number of rotatable bonds is 3. The van der Waals surface area contributed by atoms with Gasteiger partial charge in [-0.25, -0.2) is 0 Å². The van der Waals surface area contributed by atoms with Gasteiger partial charge in [0.25, 0.3) is 0 Å². The third-order valence-corrected chi connectivity index (χ3v) is 7.01. The van der Waals surface area contributed by atoms with Crippen LogP contribution in [-0.2, 0) is 9.47 Å². The molecule has 2 atom stereocenters. The summed E-state index contributed by atoms with van der Waals surface area (Å²) in [7, 11) is 0. The van der Waals surface area contributed by atoms with Crippen LogP contribution < -0.4 is 14.5 Å². The highest BCUT2D eigenvalue weighted by Crippen LogP contribution is 2.39. The molecule has 2 unspecified atom stereocenters. The molecule has 3 aliphatic rings. The first-order valence-corrected chi connectivity index (χ1v) is 10.3. The molecule has 2 fully saturated rings. The summed E-state index contributed by atoms with van der Waals surface area (Å²) in [6.45, 7) is 10.3. The number of quaternary nitrogens is 2. The van der Waals surface area contributed by atoms with Crippen molar-refractivity contribution in [3.63, 3.8) is 0 Å². The van der Waals surface area contributed by atoms with Crippen LogP contribution >= 0.6 is 15.9 Å². The predicted molar refractivity (Wildman–Crippen MR) is 100.0 cm³/mol. The SMILES string of the molecule is Cc1cc2c(cc1Br)C(O)C(C[NH+]1CCOCC1)([NH+]1CCOCC1)CO2. The summed E-state index contributed by atoms with van der Waals surface area (Å²) < 4.78 is 18.4. The Bertz CT molecular complexity index is 647. The van der Waals surface area contributed by atoms with Crippen LogP contribution in [0, 0.1) is 6.92 Å². The van der Waals surface area contributed by atoms with E-state index in [4.69, 9.17) is 14.2 Å². The van der Waals surface area contributed by atoms with Gasteiger partial charge < -0.3 is 29.1 Å². The molecular formula is C19H29BrN2O4+2. The van der Waals surface area contributed by atoms with Crippen LogP contribution in [0.1, 0.15) is 17.2 Å². The Balaban J connectivity index is 1.68. The van der Waals surface area contributed by atoms with Gasteiger partial charge in [-0.05, 0) is 24.6 Å².